The Morgan fingerprint density at radius 3 is 2.48 bits per heavy atom. The summed E-state index contributed by atoms with van der Waals surface area (Å²) in [6.45, 7) is 9.67. The van der Waals surface area contributed by atoms with Gasteiger partial charge in [-0.2, -0.15) is 10.2 Å². The van der Waals surface area contributed by atoms with Gasteiger partial charge in [0.1, 0.15) is 22.5 Å². The minimum Gasteiger partial charge on any atom is -0.339 e. The van der Waals surface area contributed by atoms with Crippen molar-refractivity contribution in [3.63, 3.8) is 0 Å². The van der Waals surface area contributed by atoms with E-state index in [2.05, 4.69) is 26.2 Å². The molecule has 0 bridgehead atoms. The minimum absolute atomic E-state index is 0.171. The summed E-state index contributed by atoms with van der Waals surface area (Å²) in [4.78, 5) is 12.9. The van der Waals surface area contributed by atoms with Crippen LogP contribution in [0.5, 0.6) is 0 Å². The van der Waals surface area contributed by atoms with Gasteiger partial charge in [-0.1, -0.05) is 37.7 Å². The van der Waals surface area contributed by atoms with Gasteiger partial charge in [-0.3, -0.25) is 0 Å². The van der Waals surface area contributed by atoms with Crippen molar-refractivity contribution in [2.45, 2.75) is 50.8 Å². The average Bonchev–Trinajstić information content (AvgIpc) is 2.84. The number of aromatic nitrogens is 4. The molecule has 0 unspecified atom stereocenters. The largest absolute Gasteiger partial charge is 0.339 e. The molecule has 7 heteroatoms. The minimum atomic E-state index is -0.171. The van der Waals surface area contributed by atoms with Crippen LogP contribution in [-0.4, -0.2) is 20.1 Å². The van der Waals surface area contributed by atoms with Crippen LogP contribution in [0.25, 0.3) is 0 Å². The predicted molar refractivity (Wildman–Crippen MR) is 78.8 cm³/mol. The van der Waals surface area contributed by atoms with E-state index in [4.69, 9.17) is 4.52 Å². The van der Waals surface area contributed by atoms with Crippen LogP contribution in [-0.2, 0) is 11.2 Å². The van der Waals surface area contributed by atoms with E-state index in [-0.39, 0.29) is 5.41 Å². The average molecular weight is 303 g/mol. The van der Waals surface area contributed by atoms with Crippen LogP contribution in [0.1, 0.15) is 49.6 Å². The molecule has 2 aromatic rings. The third kappa shape index (κ3) is 3.58. The van der Waals surface area contributed by atoms with E-state index in [1.54, 1.807) is 0 Å². The van der Waals surface area contributed by atoms with E-state index >= 15 is 0 Å². The quantitative estimate of drug-likeness (QED) is 0.636. The number of nitrogens with zero attached hydrogens (tertiary/aromatic N) is 5. The molecule has 0 aliphatic heterocycles. The fraction of sp³-hybridized carbons (Fsp3) is 0.500. The van der Waals surface area contributed by atoms with E-state index in [0.717, 1.165) is 0 Å². The molecule has 110 valence electrons. The number of hydrogen-bond acceptors (Lipinski definition) is 7. The molecule has 0 aliphatic carbocycles. The van der Waals surface area contributed by atoms with Gasteiger partial charge in [0.05, 0.1) is 11.4 Å². The zero-order chi connectivity index (χ0) is 15.6. The molecule has 2 aromatic heterocycles. The van der Waals surface area contributed by atoms with Gasteiger partial charge in [0.2, 0.25) is 5.89 Å². The lowest BCUT2D eigenvalue weighted by atomic mass is 9.97. The van der Waals surface area contributed by atoms with E-state index in [1.165, 1.54) is 11.8 Å². The third-order valence-electron chi connectivity index (χ3n) is 2.73. The van der Waals surface area contributed by atoms with Crippen LogP contribution < -0.4 is 0 Å². The van der Waals surface area contributed by atoms with Crippen molar-refractivity contribution in [2.24, 2.45) is 0 Å². The van der Waals surface area contributed by atoms with Crippen molar-refractivity contribution in [2.75, 3.05) is 0 Å². The Labute approximate surface area is 128 Å². The van der Waals surface area contributed by atoms with Crippen molar-refractivity contribution in [1.82, 2.24) is 20.1 Å². The van der Waals surface area contributed by atoms with Crippen LogP contribution in [0, 0.1) is 25.2 Å². The van der Waals surface area contributed by atoms with Crippen LogP contribution in [0.15, 0.2) is 9.55 Å². The highest BCUT2D eigenvalue weighted by atomic mass is 32.2. The second kappa shape index (κ2) is 5.82. The highest BCUT2D eigenvalue weighted by molar-refractivity contribution is 7.98. The van der Waals surface area contributed by atoms with Crippen LogP contribution in [0.3, 0.4) is 0 Å². The van der Waals surface area contributed by atoms with Gasteiger partial charge in [0.15, 0.2) is 5.82 Å². The topological polar surface area (TPSA) is 88.5 Å². The summed E-state index contributed by atoms with van der Waals surface area (Å²) in [6.07, 6.45) is 0. The highest BCUT2D eigenvalue weighted by Gasteiger charge is 2.22. The molecule has 21 heavy (non-hydrogen) atoms. The first-order valence-electron chi connectivity index (χ1n) is 6.52. The smallest absolute Gasteiger partial charge is 0.232 e. The first-order chi connectivity index (χ1) is 9.81. The maximum Gasteiger partial charge on any atom is 0.232 e. The summed E-state index contributed by atoms with van der Waals surface area (Å²) < 4.78 is 5.25. The summed E-state index contributed by atoms with van der Waals surface area (Å²) in [5.74, 6) is 2.36. The second-order valence-electron chi connectivity index (χ2n) is 5.70. The fourth-order valence-corrected chi connectivity index (χ4v) is 2.58. The molecule has 0 radical (unpaired) electrons. The molecular formula is C14H17N5OS. The Balaban J connectivity index is 2.17. The normalized spacial score (nSPS) is 11.4. The molecule has 0 N–H and O–H groups in total. The number of nitriles is 1. The number of aryl methyl sites for hydroxylation is 2. The van der Waals surface area contributed by atoms with Crippen molar-refractivity contribution < 1.29 is 4.52 Å². The van der Waals surface area contributed by atoms with Gasteiger partial charge < -0.3 is 4.52 Å². The second-order valence-corrected chi connectivity index (χ2v) is 6.67. The first kappa shape index (κ1) is 15.4. The molecule has 6 nitrogen and oxygen atoms in total. The fourth-order valence-electron chi connectivity index (χ4n) is 1.66. The maximum absolute atomic E-state index is 9.21. The Morgan fingerprint density at radius 1 is 1.19 bits per heavy atom. The number of thioether (sulfide) groups is 1. The molecular weight excluding hydrogens is 286 g/mol. The molecule has 0 saturated carbocycles. The van der Waals surface area contributed by atoms with Gasteiger partial charge in [-0.15, -0.1) is 0 Å². The molecule has 0 aromatic carbocycles. The molecule has 0 amide bonds. The summed E-state index contributed by atoms with van der Waals surface area (Å²) in [5, 5.41) is 13.8. The van der Waals surface area contributed by atoms with E-state index < -0.39 is 0 Å². The van der Waals surface area contributed by atoms with Gasteiger partial charge >= 0.3 is 0 Å². The number of hydrogen-bond donors (Lipinski definition) is 0. The van der Waals surface area contributed by atoms with Crippen LogP contribution >= 0.6 is 11.8 Å². The monoisotopic (exact) mass is 303 g/mol. The zero-order valence-corrected chi connectivity index (χ0v) is 13.6. The standard InChI is InChI=1S/C14H17N5OS/c1-8-10(6-15)12(17-9(2)16-8)21-7-11-18-13(20-19-11)14(3,4)5/h7H2,1-5H3. The SMILES string of the molecule is Cc1nc(C)c(C#N)c(SCc2noc(C(C)(C)C)n2)n1. The molecule has 2 rings (SSSR count). The molecule has 0 saturated heterocycles. The first-order valence-corrected chi connectivity index (χ1v) is 7.51. The summed E-state index contributed by atoms with van der Waals surface area (Å²) in [6, 6.07) is 2.15. The van der Waals surface area contributed by atoms with Gasteiger partial charge in [0, 0.05) is 5.41 Å². The van der Waals surface area contributed by atoms with Crippen molar-refractivity contribution in [3.8, 4) is 6.07 Å². The molecule has 0 atom stereocenters. The van der Waals surface area contributed by atoms with Gasteiger partial charge in [-0.05, 0) is 13.8 Å². The summed E-state index contributed by atoms with van der Waals surface area (Å²) >= 11 is 1.42. The lowest BCUT2D eigenvalue weighted by Gasteiger charge is -2.10. The van der Waals surface area contributed by atoms with Gasteiger partial charge in [0.25, 0.3) is 0 Å². The van der Waals surface area contributed by atoms with Gasteiger partial charge in [-0.25, -0.2) is 9.97 Å². The molecule has 0 spiro atoms. The number of rotatable bonds is 3. The summed E-state index contributed by atoms with van der Waals surface area (Å²) in [7, 11) is 0. The van der Waals surface area contributed by atoms with Crippen LogP contribution in [0.2, 0.25) is 0 Å². The van der Waals surface area contributed by atoms with E-state index in [1.807, 2.05) is 34.6 Å². The lowest BCUT2D eigenvalue weighted by molar-refractivity contribution is 0.319. The van der Waals surface area contributed by atoms with E-state index in [9.17, 15) is 5.26 Å². The Bertz CT molecular complexity index is 696. The van der Waals surface area contributed by atoms with Crippen molar-refractivity contribution in [1.29, 1.82) is 5.26 Å². The van der Waals surface area contributed by atoms with Crippen LogP contribution in [0.4, 0.5) is 0 Å². The van der Waals surface area contributed by atoms with Crippen molar-refractivity contribution >= 4 is 11.8 Å². The van der Waals surface area contributed by atoms with Crippen molar-refractivity contribution in [3.05, 3.63) is 28.8 Å². The molecule has 0 aliphatic rings. The Kier molecular flexibility index (Phi) is 4.28. The molecule has 0 fully saturated rings. The summed E-state index contributed by atoms with van der Waals surface area (Å²) in [5.41, 5.74) is 1.02. The maximum atomic E-state index is 9.21. The lowest BCUT2D eigenvalue weighted by Crippen LogP contribution is -2.11. The zero-order valence-electron chi connectivity index (χ0n) is 12.8. The molecule has 2 heterocycles. The Hall–Kier alpha value is -1.94. The Morgan fingerprint density at radius 2 is 1.90 bits per heavy atom. The van der Waals surface area contributed by atoms with E-state index in [0.29, 0.717) is 39.6 Å². The predicted octanol–water partition coefficient (Wildman–Crippen LogP) is 2.94. The third-order valence-corrected chi connectivity index (χ3v) is 3.70. The highest BCUT2D eigenvalue weighted by Crippen LogP contribution is 2.26.